The molecule has 0 spiro atoms. The van der Waals surface area contributed by atoms with Gasteiger partial charge in [0.25, 0.3) is 0 Å². The molecule has 0 amide bonds. The monoisotopic (exact) mass is 378 g/mol. The van der Waals surface area contributed by atoms with Gasteiger partial charge in [0, 0.05) is 18.3 Å². The molecule has 1 atom stereocenters. The number of aromatic nitrogens is 3. The van der Waals surface area contributed by atoms with Crippen LogP contribution >= 0.6 is 0 Å². The second kappa shape index (κ2) is 6.95. The average molecular weight is 378 g/mol. The molecule has 144 valence electrons. The molecule has 1 unspecified atom stereocenters. The van der Waals surface area contributed by atoms with Gasteiger partial charge in [0.05, 0.1) is 17.6 Å². The molecular weight excluding hydrogens is 357 g/mol. The van der Waals surface area contributed by atoms with Crippen LogP contribution in [0, 0.1) is 0 Å². The Morgan fingerprint density at radius 3 is 2.63 bits per heavy atom. The van der Waals surface area contributed by atoms with Crippen LogP contribution in [0.3, 0.4) is 0 Å². The topological polar surface area (TPSA) is 74.8 Å². The van der Waals surface area contributed by atoms with E-state index in [0.717, 1.165) is 49.6 Å². The predicted octanol–water partition coefficient (Wildman–Crippen LogP) is 3.81. The molecule has 0 saturated heterocycles. The maximum atomic E-state index is 13.2. The van der Waals surface area contributed by atoms with Crippen molar-refractivity contribution < 1.29 is 13.2 Å². The zero-order valence-electron chi connectivity index (χ0n) is 14.9. The highest BCUT2D eigenvalue weighted by Gasteiger charge is 2.37. The van der Waals surface area contributed by atoms with Crippen molar-refractivity contribution in [3.05, 3.63) is 35.3 Å². The molecule has 0 radical (unpaired) electrons. The van der Waals surface area contributed by atoms with Gasteiger partial charge in [0.2, 0.25) is 5.95 Å². The van der Waals surface area contributed by atoms with Crippen molar-refractivity contribution in [2.75, 3.05) is 17.7 Å². The summed E-state index contributed by atoms with van der Waals surface area (Å²) >= 11 is 0. The lowest BCUT2D eigenvalue weighted by molar-refractivity contribution is -0.137. The van der Waals surface area contributed by atoms with E-state index in [1.54, 1.807) is 6.20 Å². The largest absolute Gasteiger partial charge is 0.421 e. The lowest BCUT2D eigenvalue weighted by atomic mass is 9.92. The van der Waals surface area contributed by atoms with Gasteiger partial charge in [0.15, 0.2) is 0 Å². The van der Waals surface area contributed by atoms with Crippen LogP contribution in [0.15, 0.2) is 18.5 Å². The van der Waals surface area contributed by atoms with Crippen LogP contribution in [0.4, 0.5) is 30.6 Å². The van der Waals surface area contributed by atoms with Crippen LogP contribution in [-0.2, 0) is 12.6 Å². The standard InChI is InChI=1S/C18H21F3N6/c1-22-14-4-2-3-10-7-12(8-23-15(10)14)26-17-24-9-13(18(19,20)21)16(27-17)25-11-5-6-11/h7-9,11,14,22H,2-6H2,1H3,(H2,24,25,26,27). The minimum atomic E-state index is -4.49. The third-order valence-corrected chi connectivity index (χ3v) is 4.89. The van der Waals surface area contributed by atoms with Crippen LogP contribution in [0.25, 0.3) is 0 Å². The Bertz CT molecular complexity index is 834. The summed E-state index contributed by atoms with van der Waals surface area (Å²) in [6.45, 7) is 0. The molecule has 2 aromatic heterocycles. The Labute approximate surface area is 155 Å². The lowest BCUT2D eigenvalue weighted by Gasteiger charge is -2.24. The number of alkyl halides is 3. The molecule has 0 bridgehead atoms. The molecule has 6 nitrogen and oxygen atoms in total. The minimum Gasteiger partial charge on any atom is -0.367 e. The van der Waals surface area contributed by atoms with Gasteiger partial charge in [-0.25, -0.2) is 4.98 Å². The molecule has 0 aliphatic heterocycles. The smallest absolute Gasteiger partial charge is 0.367 e. The number of hydrogen-bond acceptors (Lipinski definition) is 6. The Morgan fingerprint density at radius 1 is 1.11 bits per heavy atom. The van der Waals surface area contributed by atoms with Crippen molar-refractivity contribution in [2.24, 2.45) is 0 Å². The third kappa shape index (κ3) is 3.97. The lowest BCUT2D eigenvalue weighted by Crippen LogP contribution is -2.23. The fourth-order valence-corrected chi connectivity index (χ4v) is 3.33. The van der Waals surface area contributed by atoms with Crippen LogP contribution in [-0.4, -0.2) is 28.0 Å². The van der Waals surface area contributed by atoms with Crippen molar-refractivity contribution >= 4 is 17.5 Å². The highest BCUT2D eigenvalue weighted by atomic mass is 19.4. The van der Waals surface area contributed by atoms with Crippen LogP contribution < -0.4 is 16.0 Å². The quantitative estimate of drug-likeness (QED) is 0.735. The molecule has 3 N–H and O–H groups in total. The molecule has 1 saturated carbocycles. The summed E-state index contributed by atoms with van der Waals surface area (Å²) in [5.74, 6) is -0.0578. The van der Waals surface area contributed by atoms with E-state index in [4.69, 9.17) is 0 Å². The van der Waals surface area contributed by atoms with Crippen LogP contribution in [0.5, 0.6) is 0 Å². The summed E-state index contributed by atoms with van der Waals surface area (Å²) in [6, 6.07) is 2.26. The Balaban J connectivity index is 1.59. The van der Waals surface area contributed by atoms with Crippen LogP contribution in [0.1, 0.15) is 48.5 Å². The van der Waals surface area contributed by atoms with Gasteiger partial charge in [-0.05, 0) is 50.8 Å². The highest BCUT2D eigenvalue weighted by Crippen LogP contribution is 2.36. The number of fused-ring (bicyclic) bond motifs is 1. The van der Waals surface area contributed by atoms with Crippen LogP contribution in [0.2, 0.25) is 0 Å². The number of halogens is 3. The Kier molecular flexibility index (Phi) is 4.63. The maximum Gasteiger partial charge on any atom is 0.421 e. The number of nitrogens with zero attached hydrogens (tertiary/aromatic N) is 3. The second-order valence-electron chi connectivity index (χ2n) is 7.00. The van der Waals surface area contributed by atoms with Crippen molar-refractivity contribution in [1.82, 2.24) is 20.3 Å². The normalized spacial score (nSPS) is 19.5. The van der Waals surface area contributed by atoms with E-state index in [9.17, 15) is 13.2 Å². The number of rotatable bonds is 5. The second-order valence-corrected chi connectivity index (χ2v) is 7.00. The van der Waals surface area contributed by atoms with Gasteiger partial charge in [-0.2, -0.15) is 18.2 Å². The summed E-state index contributed by atoms with van der Waals surface area (Å²) in [5.41, 5.74) is 1.98. The fourth-order valence-electron chi connectivity index (χ4n) is 3.33. The Hall–Kier alpha value is -2.42. The molecule has 4 rings (SSSR count). The first-order valence-electron chi connectivity index (χ1n) is 9.08. The van der Waals surface area contributed by atoms with Crippen molar-refractivity contribution in [1.29, 1.82) is 0 Å². The van der Waals surface area contributed by atoms with E-state index in [1.165, 1.54) is 0 Å². The highest BCUT2D eigenvalue weighted by molar-refractivity contribution is 5.57. The molecule has 9 heteroatoms. The van der Waals surface area contributed by atoms with E-state index in [0.29, 0.717) is 5.69 Å². The van der Waals surface area contributed by atoms with E-state index in [-0.39, 0.29) is 23.8 Å². The van der Waals surface area contributed by atoms with Crippen molar-refractivity contribution in [3.63, 3.8) is 0 Å². The molecular formula is C18H21F3N6. The first kappa shape index (κ1) is 18.0. The molecule has 2 aromatic rings. The minimum absolute atomic E-state index is 0.0535. The van der Waals surface area contributed by atoms with E-state index < -0.39 is 11.7 Å². The van der Waals surface area contributed by atoms with Gasteiger partial charge < -0.3 is 16.0 Å². The number of aryl methyl sites for hydroxylation is 1. The van der Waals surface area contributed by atoms with Crippen molar-refractivity contribution in [2.45, 2.75) is 50.4 Å². The van der Waals surface area contributed by atoms with E-state index >= 15 is 0 Å². The number of anilines is 3. The SMILES string of the molecule is CNC1CCCc2cc(Nc3ncc(C(F)(F)F)c(NC4CC4)n3)cnc21. The Morgan fingerprint density at radius 2 is 1.93 bits per heavy atom. The summed E-state index contributed by atoms with van der Waals surface area (Å²) < 4.78 is 39.5. The summed E-state index contributed by atoms with van der Waals surface area (Å²) in [5, 5.41) is 9.09. The van der Waals surface area contributed by atoms with Gasteiger partial charge in [0.1, 0.15) is 11.4 Å². The third-order valence-electron chi connectivity index (χ3n) is 4.89. The zero-order valence-corrected chi connectivity index (χ0v) is 14.9. The summed E-state index contributed by atoms with van der Waals surface area (Å²) in [6.07, 6.45) is 2.74. The molecule has 2 aliphatic carbocycles. The number of hydrogen-bond donors (Lipinski definition) is 3. The molecule has 2 heterocycles. The first-order valence-corrected chi connectivity index (χ1v) is 9.08. The maximum absolute atomic E-state index is 13.2. The molecule has 27 heavy (non-hydrogen) atoms. The van der Waals surface area contributed by atoms with E-state index in [2.05, 4.69) is 30.9 Å². The molecule has 1 fully saturated rings. The predicted molar refractivity (Wildman–Crippen MR) is 95.9 cm³/mol. The number of pyridine rings is 1. The first-order chi connectivity index (χ1) is 12.9. The number of nitrogens with one attached hydrogen (secondary N) is 3. The van der Waals surface area contributed by atoms with E-state index in [1.807, 2.05) is 13.1 Å². The van der Waals surface area contributed by atoms with Gasteiger partial charge in [-0.1, -0.05) is 0 Å². The summed E-state index contributed by atoms with van der Waals surface area (Å²) in [4.78, 5) is 12.4. The fraction of sp³-hybridized carbons (Fsp3) is 0.500. The molecule has 0 aromatic carbocycles. The van der Waals surface area contributed by atoms with Gasteiger partial charge in [-0.3, -0.25) is 4.98 Å². The van der Waals surface area contributed by atoms with Gasteiger partial charge in [-0.15, -0.1) is 0 Å². The van der Waals surface area contributed by atoms with Gasteiger partial charge >= 0.3 is 6.18 Å². The van der Waals surface area contributed by atoms with Crippen molar-refractivity contribution in [3.8, 4) is 0 Å². The average Bonchev–Trinajstić information content (AvgIpc) is 3.44. The molecule has 2 aliphatic rings. The summed E-state index contributed by atoms with van der Waals surface area (Å²) in [7, 11) is 1.91. The zero-order chi connectivity index (χ0) is 19.0.